The number of halogens is 3. The normalized spacial score (nSPS) is 11.9. The summed E-state index contributed by atoms with van der Waals surface area (Å²) in [7, 11) is 1.44. The van der Waals surface area contributed by atoms with Crippen molar-refractivity contribution in [2.45, 2.75) is 19.5 Å². The summed E-state index contributed by atoms with van der Waals surface area (Å²) in [4.78, 5) is 10.9. The van der Waals surface area contributed by atoms with E-state index in [1.165, 1.54) is 19.2 Å². The SMILES string of the molecule is COc1cc(CNC(C)c2ccc(F)cc2F)cc(Cl)c1OCC(N)=O. The van der Waals surface area contributed by atoms with Gasteiger partial charge in [0.25, 0.3) is 5.91 Å². The molecular weight excluding hydrogens is 366 g/mol. The van der Waals surface area contributed by atoms with Crippen LogP contribution in [0, 0.1) is 11.6 Å². The maximum absolute atomic E-state index is 13.8. The molecule has 0 aliphatic heterocycles. The van der Waals surface area contributed by atoms with Crippen molar-refractivity contribution < 1.29 is 23.0 Å². The Morgan fingerprint density at radius 2 is 2.04 bits per heavy atom. The van der Waals surface area contributed by atoms with Crippen LogP contribution in [0.5, 0.6) is 11.5 Å². The first kappa shape index (κ1) is 19.9. The molecule has 0 bridgehead atoms. The average Bonchev–Trinajstić information content (AvgIpc) is 2.58. The minimum atomic E-state index is -0.635. The van der Waals surface area contributed by atoms with Crippen LogP contribution >= 0.6 is 11.6 Å². The van der Waals surface area contributed by atoms with Gasteiger partial charge in [-0.3, -0.25) is 4.79 Å². The number of hydrogen-bond donors (Lipinski definition) is 2. The number of amides is 1. The molecule has 0 radical (unpaired) electrons. The Morgan fingerprint density at radius 3 is 2.65 bits per heavy atom. The zero-order valence-corrected chi connectivity index (χ0v) is 15.1. The first-order valence-corrected chi connectivity index (χ1v) is 8.15. The minimum Gasteiger partial charge on any atom is -0.493 e. The molecule has 1 atom stereocenters. The number of carbonyl (C=O) groups excluding carboxylic acids is 1. The van der Waals surface area contributed by atoms with Gasteiger partial charge in [0.05, 0.1) is 12.1 Å². The molecule has 26 heavy (non-hydrogen) atoms. The molecule has 140 valence electrons. The Hall–Kier alpha value is -2.38. The van der Waals surface area contributed by atoms with Gasteiger partial charge >= 0.3 is 0 Å². The molecule has 5 nitrogen and oxygen atoms in total. The van der Waals surface area contributed by atoms with Crippen LogP contribution in [0.4, 0.5) is 8.78 Å². The summed E-state index contributed by atoms with van der Waals surface area (Å²) in [6.07, 6.45) is 0. The Kier molecular flexibility index (Phi) is 6.76. The number of rotatable bonds is 8. The van der Waals surface area contributed by atoms with Crippen molar-refractivity contribution in [3.8, 4) is 11.5 Å². The van der Waals surface area contributed by atoms with Gasteiger partial charge in [-0.25, -0.2) is 8.78 Å². The second-order valence-electron chi connectivity index (χ2n) is 5.63. The highest BCUT2D eigenvalue weighted by molar-refractivity contribution is 6.32. The summed E-state index contributed by atoms with van der Waals surface area (Å²) in [5.74, 6) is -1.31. The average molecular weight is 385 g/mol. The van der Waals surface area contributed by atoms with Crippen LogP contribution < -0.4 is 20.5 Å². The van der Waals surface area contributed by atoms with E-state index in [0.717, 1.165) is 11.6 Å². The van der Waals surface area contributed by atoms with E-state index in [1.54, 1.807) is 19.1 Å². The van der Waals surface area contributed by atoms with E-state index >= 15 is 0 Å². The topological polar surface area (TPSA) is 73.6 Å². The maximum atomic E-state index is 13.8. The fourth-order valence-electron chi connectivity index (χ4n) is 2.39. The molecule has 1 amide bonds. The predicted molar refractivity (Wildman–Crippen MR) is 94.3 cm³/mol. The smallest absolute Gasteiger partial charge is 0.255 e. The van der Waals surface area contributed by atoms with Gasteiger partial charge < -0.3 is 20.5 Å². The molecule has 1 unspecified atom stereocenters. The van der Waals surface area contributed by atoms with Crippen molar-refractivity contribution in [2.75, 3.05) is 13.7 Å². The van der Waals surface area contributed by atoms with Crippen LogP contribution in [0.25, 0.3) is 0 Å². The van der Waals surface area contributed by atoms with Crippen molar-refractivity contribution in [1.29, 1.82) is 0 Å². The molecule has 2 rings (SSSR count). The lowest BCUT2D eigenvalue weighted by Crippen LogP contribution is -2.21. The van der Waals surface area contributed by atoms with Gasteiger partial charge in [-0.15, -0.1) is 0 Å². The van der Waals surface area contributed by atoms with E-state index in [9.17, 15) is 13.6 Å². The van der Waals surface area contributed by atoms with E-state index in [0.29, 0.717) is 17.9 Å². The fourth-order valence-corrected chi connectivity index (χ4v) is 2.68. The van der Waals surface area contributed by atoms with Gasteiger partial charge in [-0.05, 0) is 30.7 Å². The fraction of sp³-hybridized carbons (Fsp3) is 0.278. The number of carbonyl (C=O) groups is 1. The molecule has 2 aromatic rings. The summed E-state index contributed by atoms with van der Waals surface area (Å²) < 4.78 is 37.3. The molecule has 0 aliphatic rings. The Bertz CT molecular complexity index is 802. The number of methoxy groups -OCH3 is 1. The third-order valence-electron chi connectivity index (χ3n) is 3.69. The first-order chi connectivity index (χ1) is 12.3. The third kappa shape index (κ3) is 5.06. The van der Waals surface area contributed by atoms with Gasteiger partial charge in [-0.1, -0.05) is 17.7 Å². The quantitative estimate of drug-likeness (QED) is 0.732. The summed E-state index contributed by atoms with van der Waals surface area (Å²) >= 11 is 6.19. The van der Waals surface area contributed by atoms with Crippen LogP contribution in [0.15, 0.2) is 30.3 Å². The van der Waals surface area contributed by atoms with Crippen molar-refractivity contribution in [3.05, 3.63) is 58.1 Å². The molecule has 0 heterocycles. The van der Waals surface area contributed by atoms with E-state index in [-0.39, 0.29) is 23.4 Å². The molecule has 0 fully saturated rings. The van der Waals surface area contributed by atoms with E-state index in [1.807, 2.05) is 0 Å². The molecule has 0 spiro atoms. The largest absolute Gasteiger partial charge is 0.493 e. The highest BCUT2D eigenvalue weighted by Crippen LogP contribution is 2.36. The molecule has 0 aromatic heterocycles. The number of nitrogens with one attached hydrogen (secondary N) is 1. The molecule has 8 heteroatoms. The number of primary amides is 1. The molecule has 0 saturated heterocycles. The lowest BCUT2D eigenvalue weighted by Gasteiger charge is -2.17. The Balaban J connectivity index is 2.11. The number of hydrogen-bond acceptors (Lipinski definition) is 4. The standard InChI is InChI=1S/C18H19ClF2N2O3/c1-10(13-4-3-12(20)7-15(13)21)23-8-11-5-14(19)18(16(6-11)25-2)26-9-17(22)24/h3-7,10,23H,8-9H2,1-2H3,(H2,22,24). The third-order valence-corrected chi connectivity index (χ3v) is 3.97. The lowest BCUT2D eigenvalue weighted by atomic mass is 10.1. The van der Waals surface area contributed by atoms with E-state index in [4.69, 9.17) is 26.8 Å². The minimum absolute atomic E-state index is 0.217. The van der Waals surface area contributed by atoms with Gasteiger partial charge in [0.15, 0.2) is 18.1 Å². The second kappa shape index (κ2) is 8.82. The molecule has 0 aliphatic carbocycles. The van der Waals surface area contributed by atoms with Gasteiger partial charge in [0.1, 0.15) is 11.6 Å². The van der Waals surface area contributed by atoms with Crippen LogP contribution in [-0.4, -0.2) is 19.6 Å². The van der Waals surface area contributed by atoms with Crippen molar-refractivity contribution >= 4 is 17.5 Å². The summed E-state index contributed by atoms with van der Waals surface area (Å²) in [6.45, 7) is 1.79. The van der Waals surface area contributed by atoms with E-state index < -0.39 is 17.5 Å². The van der Waals surface area contributed by atoms with Crippen molar-refractivity contribution in [2.24, 2.45) is 5.73 Å². The first-order valence-electron chi connectivity index (χ1n) is 7.77. The molecule has 2 aromatic carbocycles. The highest BCUT2D eigenvalue weighted by Gasteiger charge is 2.15. The Labute approximate surface area is 155 Å². The number of ether oxygens (including phenoxy) is 2. The summed E-state index contributed by atoms with van der Waals surface area (Å²) in [6, 6.07) is 6.42. The maximum Gasteiger partial charge on any atom is 0.255 e. The van der Waals surface area contributed by atoms with Gasteiger partial charge in [-0.2, -0.15) is 0 Å². The van der Waals surface area contributed by atoms with Gasteiger partial charge in [0.2, 0.25) is 0 Å². The number of benzene rings is 2. The van der Waals surface area contributed by atoms with Crippen LogP contribution in [0.1, 0.15) is 24.1 Å². The van der Waals surface area contributed by atoms with E-state index in [2.05, 4.69) is 5.32 Å². The lowest BCUT2D eigenvalue weighted by molar-refractivity contribution is -0.119. The second-order valence-corrected chi connectivity index (χ2v) is 6.04. The van der Waals surface area contributed by atoms with Gasteiger partial charge in [0, 0.05) is 24.2 Å². The van der Waals surface area contributed by atoms with Crippen LogP contribution in [0.2, 0.25) is 5.02 Å². The van der Waals surface area contributed by atoms with Crippen LogP contribution in [-0.2, 0) is 11.3 Å². The molecule has 0 saturated carbocycles. The molecular formula is C18H19ClF2N2O3. The highest BCUT2D eigenvalue weighted by atomic mass is 35.5. The van der Waals surface area contributed by atoms with Crippen LogP contribution in [0.3, 0.4) is 0 Å². The Morgan fingerprint density at radius 1 is 1.31 bits per heavy atom. The predicted octanol–water partition coefficient (Wildman–Crippen LogP) is 3.34. The zero-order valence-electron chi connectivity index (χ0n) is 14.3. The monoisotopic (exact) mass is 384 g/mol. The number of nitrogens with two attached hydrogens (primary N) is 1. The zero-order chi connectivity index (χ0) is 19.3. The van der Waals surface area contributed by atoms with Crippen molar-refractivity contribution in [3.63, 3.8) is 0 Å². The van der Waals surface area contributed by atoms with Crippen molar-refractivity contribution in [1.82, 2.24) is 5.32 Å². The summed E-state index contributed by atoms with van der Waals surface area (Å²) in [5.41, 5.74) is 6.17. The molecule has 3 N–H and O–H groups in total. The summed E-state index contributed by atoms with van der Waals surface area (Å²) in [5, 5.41) is 3.38.